The number of aromatic amines is 1. The van der Waals surface area contributed by atoms with Gasteiger partial charge in [-0.2, -0.15) is 0 Å². The Morgan fingerprint density at radius 2 is 1.92 bits per heavy atom. The van der Waals surface area contributed by atoms with Crippen molar-refractivity contribution in [2.24, 2.45) is 0 Å². The molecule has 0 saturated heterocycles. The molecule has 3 heterocycles. The number of nitrogens with zero attached hydrogens (tertiary/aromatic N) is 3. The van der Waals surface area contributed by atoms with Gasteiger partial charge in [0.2, 0.25) is 0 Å². The largest absolute Gasteiger partial charge is 0.337 e. The van der Waals surface area contributed by atoms with E-state index < -0.39 is 0 Å². The highest BCUT2D eigenvalue weighted by Crippen LogP contribution is 2.34. The van der Waals surface area contributed by atoms with Gasteiger partial charge in [0, 0.05) is 17.1 Å². The third-order valence-corrected chi connectivity index (χ3v) is 5.00. The van der Waals surface area contributed by atoms with Crippen molar-refractivity contribution in [1.82, 2.24) is 19.4 Å². The molecule has 3 aromatic heterocycles. The van der Waals surface area contributed by atoms with E-state index in [0.717, 1.165) is 38.8 Å². The average molecular weight is 348 g/mol. The third kappa shape index (κ3) is 2.26. The number of imidazole rings is 2. The van der Waals surface area contributed by atoms with Crippen LogP contribution in [0.2, 0.25) is 0 Å². The molecule has 122 valence electrons. The molecule has 4 nitrogen and oxygen atoms in total. The SMILES string of the molecule is Cc1ccc2nc(-c3c(-c4ccc(F)cc4)nc4sccn34)[nH]c2c1. The van der Waals surface area contributed by atoms with E-state index in [4.69, 9.17) is 9.97 Å². The zero-order chi connectivity index (χ0) is 17.0. The van der Waals surface area contributed by atoms with Gasteiger partial charge in [-0.05, 0) is 48.9 Å². The van der Waals surface area contributed by atoms with E-state index in [0.29, 0.717) is 0 Å². The Kier molecular flexibility index (Phi) is 3.02. The molecule has 0 bridgehead atoms. The normalized spacial score (nSPS) is 11.6. The van der Waals surface area contributed by atoms with Gasteiger partial charge < -0.3 is 4.98 Å². The molecular formula is C19H13FN4S. The van der Waals surface area contributed by atoms with Gasteiger partial charge in [-0.3, -0.25) is 4.40 Å². The van der Waals surface area contributed by atoms with E-state index in [9.17, 15) is 4.39 Å². The molecule has 5 rings (SSSR count). The summed E-state index contributed by atoms with van der Waals surface area (Å²) in [6, 6.07) is 12.5. The number of hydrogen-bond acceptors (Lipinski definition) is 3. The van der Waals surface area contributed by atoms with Gasteiger partial charge in [0.25, 0.3) is 0 Å². The lowest BCUT2D eigenvalue weighted by atomic mass is 10.1. The third-order valence-electron chi connectivity index (χ3n) is 4.24. The molecule has 25 heavy (non-hydrogen) atoms. The smallest absolute Gasteiger partial charge is 0.194 e. The predicted octanol–water partition coefficient (Wildman–Crippen LogP) is 5.05. The maximum Gasteiger partial charge on any atom is 0.194 e. The maximum absolute atomic E-state index is 13.3. The number of rotatable bonds is 2. The molecule has 0 aliphatic carbocycles. The van der Waals surface area contributed by atoms with E-state index in [-0.39, 0.29) is 5.82 Å². The summed E-state index contributed by atoms with van der Waals surface area (Å²) in [5.74, 6) is 0.497. The fourth-order valence-electron chi connectivity index (χ4n) is 3.06. The quantitative estimate of drug-likeness (QED) is 0.485. The Morgan fingerprint density at radius 1 is 1.08 bits per heavy atom. The maximum atomic E-state index is 13.3. The van der Waals surface area contributed by atoms with Crippen LogP contribution >= 0.6 is 11.3 Å². The molecule has 6 heteroatoms. The molecular weight excluding hydrogens is 335 g/mol. The summed E-state index contributed by atoms with van der Waals surface area (Å²) in [4.78, 5) is 13.8. The molecule has 5 aromatic rings. The second-order valence-corrected chi connectivity index (χ2v) is 6.85. The number of H-pyrrole nitrogens is 1. The monoisotopic (exact) mass is 348 g/mol. The number of nitrogens with one attached hydrogen (secondary N) is 1. The van der Waals surface area contributed by atoms with Crippen LogP contribution in [0.3, 0.4) is 0 Å². The van der Waals surface area contributed by atoms with Crippen molar-refractivity contribution in [2.45, 2.75) is 6.92 Å². The molecule has 2 aromatic carbocycles. The Morgan fingerprint density at radius 3 is 2.76 bits per heavy atom. The summed E-state index contributed by atoms with van der Waals surface area (Å²) in [5.41, 5.74) is 5.62. The summed E-state index contributed by atoms with van der Waals surface area (Å²) in [7, 11) is 0. The van der Waals surface area contributed by atoms with Crippen molar-refractivity contribution in [1.29, 1.82) is 0 Å². The minimum Gasteiger partial charge on any atom is -0.337 e. The number of halogens is 1. The van der Waals surface area contributed by atoms with Gasteiger partial charge in [0.05, 0.1) is 11.0 Å². The predicted molar refractivity (Wildman–Crippen MR) is 98.3 cm³/mol. The molecule has 0 aliphatic rings. The fraction of sp³-hybridized carbons (Fsp3) is 0.0526. The molecule has 0 atom stereocenters. The number of aromatic nitrogens is 4. The van der Waals surface area contributed by atoms with Crippen molar-refractivity contribution in [3.63, 3.8) is 0 Å². The standard InChI is InChI=1S/C19H13FN4S/c1-11-2-7-14-15(10-11)22-18(21-14)17-16(12-3-5-13(20)6-4-12)23-19-24(17)8-9-25-19/h2-10H,1H3,(H,21,22). The van der Waals surface area contributed by atoms with E-state index in [1.165, 1.54) is 17.7 Å². The van der Waals surface area contributed by atoms with Crippen LogP contribution in [0, 0.1) is 12.7 Å². The molecule has 0 radical (unpaired) electrons. The first-order chi connectivity index (χ1) is 12.2. The van der Waals surface area contributed by atoms with E-state index in [1.807, 2.05) is 28.1 Å². The Hall–Kier alpha value is -2.99. The zero-order valence-electron chi connectivity index (χ0n) is 13.3. The average Bonchev–Trinajstić information content (AvgIpc) is 3.28. The van der Waals surface area contributed by atoms with E-state index in [1.54, 1.807) is 23.5 Å². The number of aryl methyl sites for hydroxylation is 1. The lowest BCUT2D eigenvalue weighted by molar-refractivity contribution is 0.628. The summed E-state index contributed by atoms with van der Waals surface area (Å²) in [6.07, 6.45) is 1.98. The number of thiazole rings is 1. The highest BCUT2D eigenvalue weighted by atomic mass is 32.1. The number of fused-ring (bicyclic) bond motifs is 2. The summed E-state index contributed by atoms with van der Waals surface area (Å²) in [5, 5.41) is 1.99. The molecule has 1 N–H and O–H groups in total. The van der Waals surface area contributed by atoms with Crippen LogP contribution in [0.15, 0.2) is 54.0 Å². The minimum absolute atomic E-state index is 0.259. The van der Waals surface area contributed by atoms with Gasteiger partial charge in [0.1, 0.15) is 17.2 Å². The van der Waals surface area contributed by atoms with Crippen molar-refractivity contribution in [2.75, 3.05) is 0 Å². The molecule has 0 spiro atoms. The summed E-state index contributed by atoms with van der Waals surface area (Å²) >= 11 is 1.56. The van der Waals surface area contributed by atoms with Gasteiger partial charge in [-0.15, -0.1) is 11.3 Å². The number of hydrogen-bond donors (Lipinski definition) is 1. The second kappa shape index (κ2) is 5.26. The van der Waals surface area contributed by atoms with E-state index in [2.05, 4.69) is 18.0 Å². The van der Waals surface area contributed by atoms with Crippen molar-refractivity contribution >= 4 is 27.3 Å². The van der Waals surface area contributed by atoms with Crippen molar-refractivity contribution in [3.8, 4) is 22.8 Å². The van der Waals surface area contributed by atoms with Crippen LogP contribution < -0.4 is 0 Å². The zero-order valence-corrected chi connectivity index (χ0v) is 14.1. The van der Waals surface area contributed by atoms with Crippen molar-refractivity contribution < 1.29 is 4.39 Å². The lowest BCUT2D eigenvalue weighted by Crippen LogP contribution is -1.89. The van der Waals surface area contributed by atoms with Crippen LogP contribution in [-0.2, 0) is 0 Å². The van der Waals surface area contributed by atoms with Gasteiger partial charge in [-0.1, -0.05) is 6.07 Å². The second-order valence-electron chi connectivity index (χ2n) is 5.98. The first kappa shape index (κ1) is 14.4. The highest BCUT2D eigenvalue weighted by Gasteiger charge is 2.19. The van der Waals surface area contributed by atoms with Gasteiger partial charge >= 0.3 is 0 Å². The van der Waals surface area contributed by atoms with Crippen LogP contribution in [0.25, 0.3) is 38.8 Å². The molecule has 0 saturated carbocycles. The molecule has 0 amide bonds. The minimum atomic E-state index is -0.259. The fourth-order valence-corrected chi connectivity index (χ4v) is 3.77. The Labute approximate surface area is 146 Å². The molecule has 0 aliphatic heterocycles. The highest BCUT2D eigenvalue weighted by molar-refractivity contribution is 7.15. The summed E-state index contributed by atoms with van der Waals surface area (Å²) in [6.45, 7) is 2.06. The van der Waals surface area contributed by atoms with Crippen LogP contribution in [-0.4, -0.2) is 19.4 Å². The summed E-state index contributed by atoms with van der Waals surface area (Å²) < 4.78 is 15.3. The first-order valence-corrected chi connectivity index (χ1v) is 8.75. The Balaban J connectivity index is 1.79. The molecule has 0 unspecified atom stereocenters. The van der Waals surface area contributed by atoms with Crippen LogP contribution in [0.5, 0.6) is 0 Å². The lowest BCUT2D eigenvalue weighted by Gasteiger charge is -2.02. The van der Waals surface area contributed by atoms with E-state index >= 15 is 0 Å². The molecule has 0 fully saturated rings. The van der Waals surface area contributed by atoms with Crippen molar-refractivity contribution in [3.05, 3.63) is 65.4 Å². The van der Waals surface area contributed by atoms with Gasteiger partial charge in [0.15, 0.2) is 10.8 Å². The van der Waals surface area contributed by atoms with Crippen LogP contribution in [0.4, 0.5) is 4.39 Å². The van der Waals surface area contributed by atoms with Crippen LogP contribution in [0.1, 0.15) is 5.56 Å². The first-order valence-electron chi connectivity index (χ1n) is 7.87. The Bertz CT molecular complexity index is 1210. The topological polar surface area (TPSA) is 46.0 Å². The number of benzene rings is 2. The van der Waals surface area contributed by atoms with Gasteiger partial charge in [-0.25, -0.2) is 14.4 Å².